The molecule has 0 radical (unpaired) electrons. The van der Waals surface area contributed by atoms with Crippen LogP contribution < -0.4 is 54.4 Å². The minimum atomic E-state index is -1.44. The molecule has 1 saturated heterocycles. The standard InChI is InChI=1S/C51H70N14O11S/c1-26(2)15-39(51(76)65-25-77-23-40(65)44(54)69)63-49(74)38(18-31-21-55-24-58-31)60-42(68)22-57-50(75)43(27(3)4)64-45(70)28(5)59-48(73)37(17-30-20-56-35-12-11-32(66)19-33(30)35)62-47(72)36(13-14-41(53)67)61-46(71)34(52)16-29-9-7-6-8-10-29/h6-12,19-21,24,26-28,34,36-40,43,56,66H,13-18,22-23,25,52H2,1-5H3,(H2,53,67)(H2,54,69)(H,55,58)(H,57,75)(H,59,73)(H,60,68)(H,61,71)(H,62,72)(H,63,74)(H,64,70)/t28-,34+,36-,37-,38-,39-,40-,43-/m0/s1. The van der Waals surface area contributed by atoms with Crippen molar-refractivity contribution in [3.05, 3.63) is 84.1 Å². The number of aromatic nitrogens is 3. The normalized spacial score (nSPS) is 16.0. The molecule has 26 heteroatoms. The van der Waals surface area contributed by atoms with Crippen molar-refractivity contribution >= 4 is 81.7 Å². The zero-order valence-electron chi connectivity index (χ0n) is 43.6. The molecule has 5 rings (SSSR count). The average Bonchev–Trinajstić information content (AvgIpc) is 4.18. The van der Waals surface area contributed by atoms with Crippen molar-refractivity contribution < 1.29 is 53.1 Å². The number of imidazole rings is 1. The van der Waals surface area contributed by atoms with Crippen LogP contribution in [-0.2, 0) is 67.2 Å². The molecule has 0 spiro atoms. The number of nitrogens with one attached hydrogen (secondary N) is 9. The number of H-pyrrole nitrogens is 2. The number of carbonyl (C=O) groups is 10. The molecule has 1 aliphatic heterocycles. The second kappa shape index (κ2) is 28.2. The highest BCUT2D eigenvalue weighted by Gasteiger charge is 2.39. The maximum absolute atomic E-state index is 14.2. The lowest BCUT2D eigenvalue weighted by Gasteiger charge is -2.29. The van der Waals surface area contributed by atoms with E-state index in [1.165, 1.54) is 48.2 Å². The molecule has 416 valence electrons. The fourth-order valence-electron chi connectivity index (χ4n) is 8.43. The Labute approximate surface area is 448 Å². The molecule has 10 amide bonds. The molecule has 2 aromatic carbocycles. The molecule has 25 nitrogen and oxygen atoms in total. The SMILES string of the molecule is CC(C)C[C@H](NC(=O)[C@H](Cc1c[nH]cn1)NC(=O)CNC(=O)[C@@H](NC(=O)[C@H](C)NC(=O)[C@H](Cc1c[nH]c2ccc(O)cc12)NC(=O)[C@H](CCC(N)=O)NC(=O)[C@H](N)Cc1ccccc1)C(C)C)C(=O)N1CSC[C@H]1C(N)=O. The van der Waals surface area contributed by atoms with Gasteiger partial charge in [0.25, 0.3) is 0 Å². The molecule has 3 heterocycles. The summed E-state index contributed by atoms with van der Waals surface area (Å²) in [5.41, 5.74) is 19.4. The summed E-state index contributed by atoms with van der Waals surface area (Å²) in [6.45, 7) is 7.66. The van der Waals surface area contributed by atoms with Gasteiger partial charge in [-0.15, -0.1) is 11.8 Å². The van der Waals surface area contributed by atoms with Gasteiger partial charge in [-0.1, -0.05) is 58.0 Å². The van der Waals surface area contributed by atoms with Crippen molar-refractivity contribution in [3.63, 3.8) is 0 Å². The molecule has 1 aliphatic rings. The number of carbonyl (C=O) groups excluding carboxylic acids is 10. The Kier molecular flexibility index (Phi) is 21.9. The van der Waals surface area contributed by atoms with Crippen LogP contribution in [-0.4, -0.2) is 151 Å². The van der Waals surface area contributed by atoms with E-state index in [0.29, 0.717) is 27.9 Å². The molecule has 0 bridgehead atoms. The summed E-state index contributed by atoms with van der Waals surface area (Å²) in [6, 6.07) is 3.73. The van der Waals surface area contributed by atoms with Gasteiger partial charge in [0, 0.05) is 48.3 Å². The molecular formula is C51H70N14O11S. The number of hydrogen-bond donors (Lipinski definition) is 13. The van der Waals surface area contributed by atoms with Crippen LogP contribution in [0.3, 0.4) is 0 Å². The van der Waals surface area contributed by atoms with E-state index in [-0.39, 0.29) is 56.1 Å². The zero-order valence-corrected chi connectivity index (χ0v) is 44.4. The van der Waals surface area contributed by atoms with Crippen LogP contribution in [0.5, 0.6) is 5.75 Å². The van der Waals surface area contributed by atoms with E-state index in [1.807, 2.05) is 13.8 Å². The third kappa shape index (κ3) is 17.8. The molecule has 2 aromatic heterocycles. The number of fused-ring (bicyclic) bond motifs is 1. The molecule has 0 aliphatic carbocycles. The van der Waals surface area contributed by atoms with Crippen LogP contribution in [0.25, 0.3) is 10.9 Å². The van der Waals surface area contributed by atoms with E-state index >= 15 is 0 Å². The van der Waals surface area contributed by atoms with E-state index in [1.54, 1.807) is 56.4 Å². The number of nitrogens with two attached hydrogens (primary N) is 3. The number of primary amides is 2. The zero-order chi connectivity index (χ0) is 56.5. The largest absolute Gasteiger partial charge is 0.508 e. The molecule has 0 unspecified atom stereocenters. The van der Waals surface area contributed by atoms with Crippen LogP contribution in [0.1, 0.15) is 70.7 Å². The number of thioether (sulfide) groups is 1. The number of rotatable bonds is 28. The van der Waals surface area contributed by atoms with Crippen LogP contribution in [0, 0.1) is 11.8 Å². The molecule has 8 atom stereocenters. The lowest BCUT2D eigenvalue weighted by Crippen LogP contribution is -2.59. The van der Waals surface area contributed by atoms with Gasteiger partial charge in [0.15, 0.2) is 0 Å². The highest BCUT2D eigenvalue weighted by molar-refractivity contribution is 7.99. The van der Waals surface area contributed by atoms with Crippen molar-refractivity contribution in [2.24, 2.45) is 29.0 Å². The van der Waals surface area contributed by atoms with E-state index in [4.69, 9.17) is 17.2 Å². The fraction of sp³-hybridized carbons (Fsp3) is 0.471. The highest BCUT2D eigenvalue weighted by Crippen LogP contribution is 2.25. The molecule has 16 N–H and O–H groups in total. The lowest BCUT2D eigenvalue weighted by atomic mass is 10.0. The third-order valence-corrected chi connectivity index (χ3v) is 13.6. The van der Waals surface area contributed by atoms with E-state index in [0.717, 1.165) is 5.56 Å². The van der Waals surface area contributed by atoms with Crippen LogP contribution in [0.15, 0.2) is 67.3 Å². The number of nitrogens with zero attached hydrogens (tertiary/aromatic N) is 2. The quantitative estimate of drug-likeness (QED) is 0.0303. The Bertz CT molecular complexity index is 2740. The predicted molar refractivity (Wildman–Crippen MR) is 284 cm³/mol. The number of phenolic OH excluding ortho intramolecular Hbond substituents is 1. The summed E-state index contributed by atoms with van der Waals surface area (Å²) in [6.07, 6.45) is 3.94. The summed E-state index contributed by atoms with van der Waals surface area (Å²) < 4.78 is 0. The van der Waals surface area contributed by atoms with Gasteiger partial charge in [-0.3, -0.25) is 47.9 Å². The van der Waals surface area contributed by atoms with Crippen LogP contribution in [0.2, 0.25) is 0 Å². The number of aromatic amines is 2. The Morgan fingerprint density at radius 3 is 2.06 bits per heavy atom. The first kappa shape index (κ1) is 59.9. The second-order valence-corrected chi connectivity index (χ2v) is 20.7. The number of aromatic hydroxyl groups is 1. The summed E-state index contributed by atoms with van der Waals surface area (Å²) in [7, 11) is 0. The first-order chi connectivity index (χ1) is 36.5. The summed E-state index contributed by atoms with van der Waals surface area (Å²) in [5, 5.41) is 29.0. The molecular weight excluding hydrogens is 1020 g/mol. The molecule has 0 saturated carbocycles. The van der Waals surface area contributed by atoms with Crippen LogP contribution in [0.4, 0.5) is 0 Å². The monoisotopic (exact) mass is 1090 g/mol. The fourth-order valence-corrected chi connectivity index (χ4v) is 9.61. The number of amides is 10. The van der Waals surface area contributed by atoms with E-state index in [2.05, 4.69) is 52.2 Å². The van der Waals surface area contributed by atoms with Gasteiger partial charge in [0.2, 0.25) is 59.1 Å². The van der Waals surface area contributed by atoms with Gasteiger partial charge >= 0.3 is 0 Å². The lowest BCUT2D eigenvalue weighted by molar-refractivity contribution is -0.141. The van der Waals surface area contributed by atoms with Gasteiger partial charge in [-0.2, -0.15) is 0 Å². The summed E-state index contributed by atoms with van der Waals surface area (Å²) >= 11 is 1.35. The molecule has 4 aromatic rings. The average molecular weight is 1090 g/mol. The van der Waals surface area contributed by atoms with Gasteiger partial charge < -0.3 is 74.4 Å². The van der Waals surface area contributed by atoms with Crippen molar-refractivity contribution in [1.82, 2.24) is 57.1 Å². The second-order valence-electron chi connectivity index (χ2n) is 19.7. The maximum Gasteiger partial charge on any atom is 0.246 e. The first-order valence-electron chi connectivity index (χ1n) is 25.1. The molecule has 1 fully saturated rings. The predicted octanol–water partition coefficient (Wildman–Crippen LogP) is -1.65. The van der Waals surface area contributed by atoms with E-state index < -0.39 is 120 Å². The Hall–Kier alpha value is -8.00. The Morgan fingerprint density at radius 1 is 0.753 bits per heavy atom. The third-order valence-electron chi connectivity index (χ3n) is 12.6. The Morgan fingerprint density at radius 2 is 1.42 bits per heavy atom. The van der Waals surface area contributed by atoms with Gasteiger partial charge in [0.05, 0.1) is 30.5 Å². The number of benzene rings is 2. The van der Waals surface area contributed by atoms with Gasteiger partial charge in [-0.25, -0.2) is 4.98 Å². The minimum absolute atomic E-state index is 0.0646. The van der Waals surface area contributed by atoms with Crippen molar-refractivity contribution in [3.8, 4) is 5.75 Å². The topological polar surface area (TPSA) is 401 Å². The van der Waals surface area contributed by atoms with Crippen molar-refractivity contribution in [1.29, 1.82) is 0 Å². The Balaban J connectivity index is 1.25. The minimum Gasteiger partial charge on any atom is -0.508 e. The van der Waals surface area contributed by atoms with Crippen molar-refractivity contribution in [2.45, 2.75) is 121 Å². The highest BCUT2D eigenvalue weighted by atomic mass is 32.2. The summed E-state index contributed by atoms with van der Waals surface area (Å²) in [4.78, 5) is 145. The molecule has 77 heavy (non-hydrogen) atoms. The first-order valence-corrected chi connectivity index (χ1v) is 26.3. The maximum atomic E-state index is 14.2. The van der Waals surface area contributed by atoms with E-state index in [9.17, 15) is 53.1 Å². The summed E-state index contributed by atoms with van der Waals surface area (Å²) in [5.74, 6) is -7.71. The van der Waals surface area contributed by atoms with Gasteiger partial charge in [0.1, 0.15) is 48.0 Å². The smallest absolute Gasteiger partial charge is 0.246 e. The van der Waals surface area contributed by atoms with Gasteiger partial charge in [-0.05, 0) is 67.3 Å². The van der Waals surface area contributed by atoms with Crippen molar-refractivity contribution in [2.75, 3.05) is 18.2 Å². The van der Waals surface area contributed by atoms with Crippen LogP contribution >= 0.6 is 11.8 Å². The number of phenols is 1. The number of hydrogen-bond acceptors (Lipinski definition) is 14.